The molecule has 0 aliphatic carbocycles. The molecule has 2 heterocycles. The van der Waals surface area contributed by atoms with Crippen LogP contribution in [0.25, 0.3) is 0 Å². The van der Waals surface area contributed by atoms with E-state index in [1.165, 1.54) is 16.4 Å². The van der Waals surface area contributed by atoms with E-state index >= 15 is 0 Å². The zero-order chi connectivity index (χ0) is 13.0. The first kappa shape index (κ1) is 13.8. The molecule has 1 N–H and O–H groups in total. The highest BCUT2D eigenvalue weighted by Gasteiger charge is 2.30. The highest BCUT2D eigenvalue weighted by atomic mass is 32.1. The Balaban J connectivity index is 1.83. The summed E-state index contributed by atoms with van der Waals surface area (Å²) in [5.41, 5.74) is 0.433. The SMILES string of the molecule is COCCNCc1cnc(N2CCC(C)(C)C2)s1. The predicted molar refractivity (Wildman–Crippen MR) is 76.3 cm³/mol. The normalized spacial score (nSPS) is 18.5. The largest absolute Gasteiger partial charge is 0.383 e. The quantitative estimate of drug-likeness (QED) is 0.803. The van der Waals surface area contributed by atoms with E-state index in [0.717, 1.165) is 32.8 Å². The van der Waals surface area contributed by atoms with Gasteiger partial charge < -0.3 is 15.0 Å². The standard InChI is InChI=1S/C13H23N3OS/c1-13(2)4-6-16(10-13)12-15-9-11(18-12)8-14-5-7-17-3/h9,14H,4-8,10H2,1-3H3. The van der Waals surface area contributed by atoms with E-state index < -0.39 is 0 Å². The van der Waals surface area contributed by atoms with Crippen LogP contribution in [0, 0.1) is 5.41 Å². The molecule has 1 saturated heterocycles. The second kappa shape index (κ2) is 5.99. The summed E-state index contributed by atoms with van der Waals surface area (Å²) in [7, 11) is 1.72. The van der Waals surface area contributed by atoms with Crippen LogP contribution in [0.5, 0.6) is 0 Å². The number of nitrogens with zero attached hydrogens (tertiary/aromatic N) is 2. The minimum atomic E-state index is 0.433. The number of hydrogen-bond donors (Lipinski definition) is 1. The van der Waals surface area contributed by atoms with Crippen molar-refractivity contribution in [1.29, 1.82) is 0 Å². The van der Waals surface area contributed by atoms with Gasteiger partial charge in [-0.25, -0.2) is 4.98 Å². The Hall–Kier alpha value is -0.650. The number of aromatic nitrogens is 1. The maximum atomic E-state index is 5.01. The molecule has 4 nitrogen and oxygen atoms in total. The zero-order valence-corrected chi connectivity index (χ0v) is 12.3. The molecule has 1 fully saturated rings. The molecule has 0 spiro atoms. The number of ether oxygens (including phenoxy) is 1. The lowest BCUT2D eigenvalue weighted by atomic mass is 9.93. The highest BCUT2D eigenvalue weighted by molar-refractivity contribution is 7.15. The average molecular weight is 269 g/mol. The summed E-state index contributed by atoms with van der Waals surface area (Å²) in [5, 5.41) is 4.52. The molecule has 0 radical (unpaired) electrons. The molecular formula is C13H23N3OS. The predicted octanol–water partition coefficient (Wildman–Crippen LogP) is 2.12. The highest BCUT2D eigenvalue weighted by Crippen LogP contribution is 2.34. The van der Waals surface area contributed by atoms with Crippen LogP contribution in [0.1, 0.15) is 25.1 Å². The van der Waals surface area contributed by atoms with E-state index in [-0.39, 0.29) is 0 Å². The van der Waals surface area contributed by atoms with Crippen molar-refractivity contribution in [3.63, 3.8) is 0 Å². The average Bonchev–Trinajstić information content (AvgIpc) is 2.91. The van der Waals surface area contributed by atoms with Crippen LogP contribution < -0.4 is 10.2 Å². The van der Waals surface area contributed by atoms with Gasteiger partial charge in [-0.2, -0.15) is 0 Å². The monoisotopic (exact) mass is 269 g/mol. The van der Waals surface area contributed by atoms with Crippen molar-refractivity contribution in [3.05, 3.63) is 11.1 Å². The third kappa shape index (κ3) is 3.67. The Morgan fingerprint density at radius 3 is 3.06 bits per heavy atom. The van der Waals surface area contributed by atoms with Gasteiger partial charge in [-0.3, -0.25) is 0 Å². The molecule has 0 amide bonds. The van der Waals surface area contributed by atoms with Crippen LogP contribution in [0.15, 0.2) is 6.20 Å². The summed E-state index contributed by atoms with van der Waals surface area (Å²) >= 11 is 1.80. The second-order valence-electron chi connectivity index (χ2n) is 5.61. The minimum Gasteiger partial charge on any atom is -0.383 e. The molecule has 0 atom stereocenters. The summed E-state index contributed by atoms with van der Waals surface area (Å²) in [4.78, 5) is 8.24. The fourth-order valence-corrected chi connectivity index (χ4v) is 3.09. The molecule has 5 heteroatoms. The van der Waals surface area contributed by atoms with E-state index in [2.05, 4.69) is 29.0 Å². The van der Waals surface area contributed by atoms with Gasteiger partial charge >= 0.3 is 0 Å². The van der Waals surface area contributed by atoms with Crippen LogP contribution in [0.4, 0.5) is 5.13 Å². The van der Waals surface area contributed by atoms with E-state index in [0.29, 0.717) is 5.41 Å². The van der Waals surface area contributed by atoms with Crippen LogP contribution >= 0.6 is 11.3 Å². The van der Waals surface area contributed by atoms with Crippen LogP contribution in [0.3, 0.4) is 0 Å². The lowest BCUT2D eigenvalue weighted by molar-refractivity contribution is 0.199. The van der Waals surface area contributed by atoms with Crippen molar-refractivity contribution in [2.45, 2.75) is 26.8 Å². The Morgan fingerprint density at radius 1 is 1.56 bits per heavy atom. The molecule has 0 unspecified atom stereocenters. The van der Waals surface area contributed by atoms with Crippen LogP contribution in [-0.2, 0) is 11.3 Å². The first-order valence-corrected chi connectivity index (χ1v) is 7.32. The van der Waals surface area contributed by atoms with Gasteiger partial charge in [-0.1, -0.05) is 13.8 Å². The van der Waals surface area contributed by atoms with Gasteiger partial charge in [0.25, 0.3) is 0 Å². The van der Waals surface area contributed by atoms with Crippen LogP contribution in [0.2, 0.25) is 0 Å². The van der Waals surface area contributed by atoms with E-state index in [4.69, 9.17) is 4.74 Å². The van der Waals surface area contributed by atoms with Gasteiger partial charge in [-0.05, 0) is 11.8 Å². The number of rotatable bonds is 6. The number of hydrogen-bond acceptors (Lipinski definition) is 5. The Kier molecular flexibility index (Phi) is 4.59. The van der Waals surface area contributed by atoms with Crippen molar-refractivity contribution in [2.24, 2.45) is 5.41 Å². The number of anilines is 1. The minimum absolute atomic E-state index is 0.433. The van der Waals surface area contributed by atoms with Gasteiger partial charge in [0, 0.05) is 44.4 Å². The first-order valence-electron chi connectivity index (χ1n) is 6.50. The Labute approximate surface area is 113 Å². The molecule has 2 rings (SSSR count). The lowest BCUT2D eigenvalue weighted by Gasteiger charge is -2.18. The third-order valence-electron chi connectivity index (χ3n) is 3.27. The zero-order valence-electron chi connectivity index (χ0n) is 11.5. The molecule has 102 valence electrons. The van der Waals surface area contributed by atoms with Gasteiger partial charge in [0.2, 0.25) is 0 Å². The lowest BCUT2D eigenvalue weighted by Crippen LogP contribution is -2.22. The number of methoxy groups -OCH3 is 1. The molecule has 1 aliphatic heterocycles. The fourth-order valence-electron chi connectivity index (χ4n) is 2.19. The Morgan fingerprint density at radius 2 is 2.39 bits per heavy atom. The van der Waals surface area contributed by atoms with Gasteiger partial charge in [-0.15, -0.1) is 11.3 Å². The van der Waals surface area contributed by atoms with E-state index in [9.17, 15) is 0 Å². The van der Waals surface area contributed by atoms with Crippen molar-refractivity contribution in [1.82, 2.24) is 10.3 Å². The van der Waals surface area contributed by atoms with Gasteiger partial charge in [0.1, 0.15) is 0 Å². The topological polar surface area (TPSA) is 37.4 Å². The summed E-state index contributed by atoms with van der Waals surface area (Å²) in [5.74, 6) is 0. The molecule has 0 bridgehead atoms. The van der Waals surface area contributed by atoms with Crippen molar-refractivity contribution in [3.8, 4) is 0 Å². The summed E-state index contributed by atoms with van der Waals surface area (Å²) in [6, 6.07) is 0. The van der Waals surface area contributed by atoms with Crippen LogP contribution in [-0.4, -0.2) is 38.3 Å². The van der Waals surface area contributed by atoms with Crippen molar-refractivity contribution in [2.75, 3.05) is 38.3 Å². The van der Waals surface area contributed by atoms with Crippen molar-refractivity contribution < 1.29 is 4.74 Å². The second-order valence-corrected chi connectivity index (χ2v) is 6.71. The fraction of sp³-hybridized carbons (Fsp3) is 0.769. The molecule has 0 aromatic carbocycles. The molecule has 1 aromatic rings. The summed E-state index contributed by atoms with van der Waals surface area (Å²) < 4.78 is 5.01. The maximum absolute atomic E-state index is 5.01. The molecule has 1 aliphatic rings. The summed E-state index contributed by atoms with van der Waals surface area (Å²) in [6.45, 7) is 9.44. The molecule has 18 heavy (non-hydrogen) atoms. The van der Waals surface area contributed by atoms with Gasteiger partial charge in [0.15, 0.2) is 5.13 Å². The van der Waals surface area contributed by atoms with Crippen molar-refractivity contribution >= 4 is 16.5 Å². The molecular weight excluding hydrogens is 246 g/mol. The third-order valence-corrected chi connectivity index (χ3v) is 4.33. The molecule has 0 saturated carbocycles. The number of thiazole rings is 1. The Bertz CT molecular complexity index is 378. The van der Waals surface area contributed by atoms with E-state index in [1.807, 2.05) is 6.20 Å². The molecule has 1 aromatic heterocycles. The first-order chi connectivity index (χ1) is 8.61. The summed E-state index contributed by atoms with van der Waals surface area (Å²) in [6.07, 6.45) is 3.25. The smallest absolute Gasteiger partial charge is 0.185 e. The number of nitrogens with one attached hydrogen (secondary N) is 1. The van der Waals surface area contributed by atoms with E-state index in [1.54, 1.807) is 18.4 Å². The maximum Gasteiger partial charge on any atom is 0.185 e. The van der Waals surface area contributed by atoms with Gasteiger partial charge in [0.05, 0.1) is 6.61 Å².